The molecule has 0 atom stereocenters. The molecule has 2 heterocycles. The fourth-order valence-corrected chi connectivity index (χ4v) is 2.81. The van der Waals surface area contributed by atoms with Gasteiger partial charge in [-0.05, 0) is 11.6 Å². The van der Waals surface area contributed by atoms with Crippen molar-refractivity contribution in [3.63, 3.8) is 0 Å². The molecular formula is C19H17F5N4O3. The Bertz CT molecular complexity index is 1060. The number of nitrogens with one attached hydrogen (secondary N) is 3. The lowest BCUT2D eigenvalue weighted by Crippen LogP contribution is -2.31. The van der Waals surface area contributed by atoms with Gasteiger partial charge in [0, 0.05) is 43.9 Å². The number of H-pyrrole nitrogens is 1. The van der Waals surface area contributed by atoms with Gasteiger partial charge in [-0.25, -0.2) is 18.6 Å². The topological polar surface area (TPSA) is 88.3 Å². The third-order valence-corrected chi connectivity index (χ3v) is 4.07. The fraction of sp³-hybridized carbons (Fsp3) is 0.263. The number of fused-ring (bicyclic) bond motifs is 1. The Hall–Kier alpha value is -3.41. The molecule has 0 radical (unpaired) electrons. The van der Waals surface area contributed by atoms with Crippen LogP contribution in [0.2, 0.25) is 0 Å². The Morgan fingerprint density at radius 2 is 1.94 bits per heavy atom. The highest BCUT2D eigenvalue weighted by atomic mass is 19.4. The van der Waals surface area contributed by atoms with Crippen molar-refractivity contribution >= 4 is 22.8 Å². The molecule has 0 saturated heterocycles. The number of ether oxygens (including phenoxy) is 2. The molecule has 2 aromatic heterocycles. The third kappa shape index (κ3) is 5.60. The van der Waals surface area contributed by atoms with Gasteiger partial charge in [0.05, 0.1) is 18.4 Å². The van der Waals surface area contributed by atoms with E-state index in [0.29, 0.717) is 0 Å². The maximum atomic E-state index is 14.5. The number of amides is 2. The van der Waals surface area contributed by atoms with E-state index in [1.807, 2.05) is 0 Å². The van der Waals surface area contributed by atoms with Crippen molar-refractivity contribution in [1.82, 2.24) is 15.3 Å². The molecule has 0 aliphatic heterocycles. The van der Waals surface area contributed by atoms with Gasteiger partial charge in [0.25, 0.3) is 0 Å². The first kappa shape index (κ1) is 22.3. The van der Waals surface area contributed by atoms with E-state index >= 15 is 0 Å². The van der Waals surface area contributed by atoms with E-state index in [1.54, 1.807) is 0 Å². The van der Waals surface area contributed by atoms with Crippen LogP contribution in [0.1, 0.15) is 5.56 Å². The molecule has 0 spiro atoms. The number of benzene rings is 1. The summed E-state index contributed by atoms with van der Waals surface area (Å²) in [5, 5.41) is 4.62. The summed E-state index contributed by atoms with van der Waals surface area (Å²) >= 11 is 0. The molecule has 0 unspecified atom stereocenters. The summed E-state index contributed by atoms with van der Waals surface area (Å²) in [6, 6.07) is 2.13. The zero-order valence-electron chi connectivity index (χ0n) is 16.1. The van der Waals surface area contributed by atoms with E-state index < -0.39 is 36.0 Å². The second kappa shape index (κ2) is 9.16. The largest absolute Gasteiger partial charge is 0.450 e. The maximum Gasteiger partial charge on any atom is 0.393 e. The predicted molar refractivity (Wildman–Crippen MR) is 101 cm³/mol. The van der Waals surface area contributed by atoms with Gasteiger partial charge in [0.1, 0.15) is 11.4 Å². The molecule has 3 rings (SSSR count). The van der Waals surface area contributed by atoms with Crippen LogP contribution in [0, 0.1) is 11.6 Å². The Labute approximate surface area is 172 Å². The van der Waals surface area contributed by atoms with Crippen molar-refractivity contribution in [3.8, 4) is 11.5 Å². The highest BCUT2D eigenvalue weighted by Crippen LogP contribution is 2.36. The first-order valence-electron chi connectivity index (χ1n) is 8.90. The van der Waals surface area contributed by atoms with Gasteiger partial charge in [-0.15, -0.1) is 0 Å². The number of methoxy groups -OCH3 is 1. The molecule has 0 aliphatic carbocycles. The van der Waals surface area contributed by atoms with Crippen LogP contribution >= 0.6 is 0 Å². The summed E-state index contributed by atoms with van der Waals surface area (Å²) in [6.07, 6.45) is -3.45. The Morgan fingerprint density at radius 3 is 2.58 bits per heavy atom. The highest BCUT2D eigenvalue weighted by Gasteiger charge is 2.30. The molecule has 0 fully saturated rings. The van der Waals surface area contributed by atoms with Crippen molar-refractivity contribution < 1.29 is 36.2 Å². The van der Waals surface area contributed by atoms with E-state index in [-0.39, 0.29) is 41.2 Å². The van der Waals surface area contributed by atoms with Crippen LogP contribution in [0.25, 0.3) is 11.0 Å². The number of hydrogen-bond donors (Lipinski definition) is 3. The summed E-state index contributed by atoms with van der Waals surface area (Å²) in [7, 11) is 1.44. The lowest BCUT2D eigenvalue weighted by Gasteiger charge is -2.13. The number of aromatic nitrogens is 2. The molecular weight excluding hydrogens is 427 g/mol. The van der Waals surface area contributed by atoms with Crippen LogP contribution in [0.3, 0.4) is 0 Å². The Morgan fingerprint density at radius 1 is 1.23 bits per heavy atom. The number of halogens is 5. The molecule has 3 N–H and O–H groups in total. The lowest BCUT2D eigenvalue weighted by molar-refractivity contribution is -0.127. The van der Waals surface area contributed by atoms with Gasteiger partial charge in [0.2, 0.25) is 0 Å². The van der Waals surface area contributed by atoms with Crippen molar-refractivity contribution in [2.75, 3.05) is 25.6 Å². The number of hydrogen-bond acceptors (Lipinski definition) is 4. The standard InChI is InChI=1S/C19H17F5N4O3/c1-30-5-4-26-18(29)28-11-6-12(20)16(13(21)7-11)31-14-2-3-25-17-15(14)10(9-27-17)8-19(22,23)24/h2-3,6-7,9H,4-5,8H2,1H3,(H,25,27)(H2,26,28,29). The summed E-state index contributed by atoms with van der Waals surface area (Å²) in [6.45, 7) is 0.433. The van der Waals surface area contributed by atoms with Crippen LogP contribution < -0.4 is 15.4 Å². The normalized spacial score (nSPS) is 11.5. The SMILES string of the molecule is COCCNC(=O)Nc1cc(F)c(Oc2ccnc3[nH]cc(CC(F)(F)F)c23)c(F)c1. The summed E-state index contributed by atoms with van der Waals surface area (Å²) < 4.78 is 77.5. The van der Waals surface area contributed by atoms with E-state index in [2.05, 4.69) is 20.6 Å². The van der Waals surface area contributed by atoms with Crippen molar-refractivity contribution in [3.05, 3.63) is 47.8 Å². The minimum atomic E-state index is -4.50. The van der Waals surface area contributed by atoms with Gasteiger partial charge in [0.15, 0.2) is 17.4 Å². The Kier molecular flexibility index (Phi) is 6.59. The smallest absolute Gasteiger partial charge is 0.393 e. The van der Waals surface area contributed by atoms with Gasteiger partial charge >= 0.3 is 12.2 Å². The van der Waals surface area contributed by atoms with Crippen molar-refractivity contribution in [2.24, 2.45) is 0 Å². The number of rotatable bonds is 7. The zero-order valence-corrected chi connectivity index (χ0v) is 16.1. The van der Waals surface area contributed by atoms with Crippen LogP contribution in [0.4, 0.5) is 32.4 Å². The molecule has 12 heteroatoms. The van der Waals surface area contributed by atoms with E-state index in [0.717, 1.165) is 18.3 Å². The molecule has 0 aliphatic rings. The quantitative estimate of drug-likeness (QED) is 0.370. The molecule has 2 amide bonds. The molecule has 0 saturated carbocycles. The van der Waals surface area contributed by atoms with E-state index in [9.17, 15) is 26.7 Å². The molecule has 7 nitrogen and oxygen atoms in total. The number of carbonyl (C=O) groups excluding carboxylic acids is 1. The molecule has 0 bridgehead atoms. The summed E-state index contributed by atoms with van der Waals surface area (Å²) in [5.74, 6) is -3.37. The predicted octanol–water partition coefficient (Wildman–Crippen LogP) is 4.51. The Balaban J connectivity index is 1.85. The minimum absolute atomic E-state index is 0.0432. The number of pyridine rings is 1. The summed E-state index contributed by atoms with van der Waals surface area (Å²) in [5.41, 5.74) is -0.294. The number of carbonyl (C=O) groups is 1. The number of aromatic amines is 1. The van der Waals surface area contributed by atoms with Crippen molar-refractivity contribution in [2.45, 2.75) is 12.6 Å². The first-order valence-corrected chi connectivity index (χ1v) is 8.90. The molecule has 1 aromatic carbocycles. The molecule has 166 valence electrons. The fourth-order valence-electron chi connectivity index (χ4n) is 2.81. The zero-order chi connectivity index (χ0) is 22.6. The van der Waals surface area contributed by atoms with Crippen LogP contribution in [0.15, 0.2) is 30.6 Å². The third-order valence-electron chi connectivity index (χ3n) is 4.07. The minimum Gasteiger partial charge on any atom is -0.450 e. The summed E-state index contributed by atoms with van der Waals surface area (Å²) in [4.78, 5) is 18.2. The van der Waals surface area contributed by atoms with Crippen LogP contribution in [0.5, 0.6) is 11.5 Å². The number of anilines is 1. The average molecular weight is 444 g/mol. The lowest BCUT2D eigenvalue weighted by atomic mass is 10.1. The highest BCUT2D eigenvalue weighted by molar-refractivity contribution is 5.89. The van der Waals surface area contributed by atoms with Gasteiger partial charge < -0.3 is 25.1 Å². The van der Waals surface area contributed by atoms with Gasteiger partial charge in [-0.1, -0.05) is 0 Å². The van der Waals surface area contributed by atoms with E-state index in [4.69, 9.17) is 9.47 Å². The molecule has 3 aromatic rings. The molecule has 31 heavy (non-hydrogen) atoms. The van der Waals surface area contributed by atoms with Crippen LogP contribution in [-0.4, -0.2) is 42.4 Å². The monoisotopic (exact) mass is 444 g/mol. The first-order chi connectivity index (χ1) is 14.7. The second-order valence-electron chi connectivity index (χ2n) is 6.38. The second-order valence-corrected chi connectivity index (χ2v) is 6.38. The van der Waals surface area contributed by atoms with Gasteiger partial charge in [-0.2, -0.15) is 13.2 Å². The van der Waals surface area contributed by atoms with E-state index in [1.165, 1.54) is 19.4 Å². The average Bonchev–Trinajstić information content (AvgIpc) is 3.07. The maximum absolute atomic E-state index is 14.5. The number of urea groups is 1. The van der Waals surface area contributed by atoms with Crippen molar-refractivity contribution in [1.29, 1.82) is 0 Å². The van der Waals surface area contributed by atoms with Crippen LogP contribution in [-0.2, 0) is 11.2 Å². The number of nitrogens with zero attached hydrogens (tertiary/aromatic N) is 1. The number of alkyl halides is 3. The van der Waals surface area contributed by atoms with Gasteiger partial charge in [-0.3, -0.25) is 0 Å².